The Morgan fingerprint density at radius 2 is 1.45 bits per heavy atom. The topological polar surface area (TPSA) is 26.3 Å². The first-order valence-corrected chi connectivity index (χ1v) is 21.2. The first kappa shape index (κ1) is 38.7. The SMILES string of the molecule is CCCCCCCCCCCCCCCCCC(=O)O[C@H]1CC[C@@]2(C)C(=CC[C@H]3[C@@H]4CC[C@H]([C@H](C)CCC=C(C)C)[C@@]4(C)CC[C@@H]32)C1. The molecule has 0 unspecified atom stereocenters. The summed E-state index contributed by atoms with van der Waals surface area (Å²) in [5, 5.41) is 0. The van der Waals surface area contributed by atoms with E-state index in [-0.39, 0.29) is 12.1 Å². The van der Waals surface area contributed by atoms with E-state index in [1.54, 1.807) is 5.57 Å². The third kappa shape index (κ3) is 10.7. The van der Waals surface area contributed by atoms with Crippen LogP contribution >= 0.6 is 0 Å². The highest BCUT2D eigenvalue weighted by Gasteiger charge is 2.59. The second-order valence-corrected chi connectivity index (χ2v) is 17.9. The standard InChI is InChI=1S/C45H78O2/c1-7-8-9-10-11-12-13-14-15-16-17-18-19-20-21-25-43(46)47-38-30-32-44(5)37(34-38)26-27-39-41-29-28-40(36(4)24-22-23-35(2)3)45(41,6)33-31-42(39)44/h23,26,36,38-42H,7-22,24-25,27-34H2,1-6H3/t36-,38+,39+,40-,41+,42+,44+,45-/m1/s1. The van der Waals surface area contributed by atoms with Crippen LogP contribution < -0.4 is 0 Å². The number of fused-ring (bicyclic) bond motifs is 5. The van der Waals surface area contributed by atoms with Gasteiger partial charge in [-0.05, 0) is 118 Å². The molecule has 3 fully saturated rings. The lowest BCUT2D eigenvalue weighted by Gasteiger charge is -2.58. The van der Waals surface area contributed by atoms with E-state index < -0.39 is 0 Å². The van der Waals surface area contributed by atoms with Gasteiger partial charge in [-0.15, -0.1) is 0 Å². The molecule has 2 nitrogen and oxygen atoms in total. The molecule has 3 saturated carbocycles. The van der Waals surface area contributed by atoms with Gasteiger partial charge in [0.05, 0.1) is 0 Å². The molecule has 0 aliphatic heterocycles. The van der Waals surface area contributed by atoms with Gasteiger partial charge in [0.1, 0.15) is 6.10 Å². The Balaban J connectivity index is 1.11. The molecule has 0 aromatic rings. The molecular formula is C45H78O2. The predicted molar refractivity (Wildman–Crippen MR) is 202 cm³/mol. The normalized spacial score (nSPS) is 32.1. The van der Waals surface area contributed by atoms with Crippen LogP contribution in [0, 0.1) is 40.4 Å². The minimum absolute atomic E-state index is 0.0618. The van der Waals surface area contributed by atoms with Crippen LogP contribution in [0.15, 0.2) is 23.3 Å². The number of carbonyl (C=O) groups excluding carboxylic acids is 1. The summed E-state index contributed by atoms with van der Waals surface area (Å²) >= 11 is 0. The number of hydrogen-bond acceptors (Lipinski definition) is 2. The maximum Gasteiger partial charge on any atom is 0.306 e. The lowest BCUT2D eigenvalue weighted by molar-refractivity contribution is -0.151. The van der Waals surface area contributed by atoms with E-state index in [4.69, 9.17) is 4.74 Å². The van der Waals surface area contributed by atoms with Crippen LogP contribution in [0.1, 0.15) is 208 Å². The van der Waals surface area contributed by atoms with Gasteiger partial charge < -0.3 is 4.74 Å². The molecule has 0 aromatic carbocycles. The number of rotatable bonds is 21. The number of esters is 1. The number of unbranched alkanes of at least 4 members (excludes halogenated alkanes) is 14. The van der Waals surface area contributed by atoms with Crippen molar-refractivity contribution in [2.24, 2.45) is 40.4 Å². The van der Waals surface area contributed by atoms with E-state index >= 15 is 0 Å². The maximum absolute atomic E-state index is 12.8. The molecule has 4 aliphatic carbocycles. The van der Waals surface area contributed by atoms with Crippen LogP contribution in [0.2, 0.25) is 0 Å². The molecule has 0 saturated heterocycles. The molecule has 0 heterocycles. The molecular weight excluding hydrogens is 572 g/mol. The summed E-state index contributed by atoms with van der Waals surface area (Å²) in [6, 6.07) is 0. The van der Waals surface area contributed by atoms with Gasteiger partial charge in [-0.3, -0.25) is 4.79 Å². The van der Waals surface area contributed by atoms with Crippen molar-refractivity contribution in [3.63, 3.8) is 0 Å². The molecule has 0 aromatic heterocycles. The van der Waals surface area contributed by atoms with E-state index in [0.29, 0.717) is 17.3 Å². The van der Waals surface area contributed by atoms with Crippen LogP contribution in [0.25, 0.3) is 0 Å². The molecule has 47 heavy (non-hydrogen) atoms. The Kier molecular flexibility index (Phi) is 16.0. The van der Waals surface area contributed by atoms with Gasteiger partial charge in [-0.25, -0.2) is 0 Å². The van der Waals surface area contributed by atoms with Crippen molar-refractivity contribution in [3.8, 4) is 0 Å². The zero-order valence-corrected chi connectivity index (χ0v) is 32.3. The largest absolute Gasteiger partial charge is 0.462 e. The van der Waals surface area contributed by atoms with Gasteiger partial charge in [0.25, 0.3) is 0 Å². The Morgan fingerprint density at radius 3 is 2.06 bits per heavy atom. The molecule has 0 amide bonds. The van der Waals surface area contributed by atoms with Crippen molar-refractivity contribution in [3.05, 3.63) is 23.3 Å². The lowest BCUT2D eigenvalue weighted by Crippen LogP contribution is -2.51. The minimum Gasteiger partial charge on any atom is -0.462 e. The summed E-state index contributed by atoms with van der Waals surface area (Å²) in [5.41, 5.74) is 3.97. The molecule has 2 heteroatoms. The van der Waals surface area contributed by atoms with E-state index in [0.717, 1.165) is 48.9 Å². The second-order valence-electron chi connectivity index (χ2n) is 17.9. The van der Waals surface area contributed by atoms with Crippen LogP contribution in [0.3, 0.4) is 0 Å². The molecule has 4 aliphatic rings. The second kappa shape index (κ2) is 19.4. The zero-order chi connectivity index (χ0) is 33.7. The first-order chi connectivity index (χ1) is 22.7. The molecule has 0 spiro atoms. The number of carbonyl (C=O) groups is 1. The predicted octanol–water partition coefficient (Wildman–Crippen LogP) is 14.1. The number of allylic oxidation sites excluding steroid dienone is 3. The van der Waals surface area contributed by atoms with E-state index in [2.05, 4.69) is 53.7 Å². The van der Waals surface area contributed by atoms with Crippen molar-refractivity contribution >= 4 is 5.97 Å². The highest BCUT2D eigenvalue weighted by Crippen LogP contribution is 2.67. The van der Waals surface area contributed by atoms with Crippen LogP contribution in [0.5, 0.6) is 0 Å². The fourth-order valence-corrected chi connectivity index (χ4v) is 11.4. The summed E-state index contributed by atoms with van der Waals surface area (Å²) in [6.45, 7) is 14.6. The molecule has 0 radical (unpaired) electrons. The summed E-state index contributed by atoms with van der Waals surface area (Å²) in [6.07, 6.45) is 39.1. The quantitative estimate of drug-likeness (QED) is 0.0702. The van der Waals surface area contributed by atoms with Crippen molar-refractivity contribution < 1.29 is 9.53 Å². The third-order valence-electron chi connectivity index (χ3n) is 14.3. The molecule has 0 N–H and O–H groups in total. The van der Waals surface area contributed by atoms with Gasteiger partial charge in [0, 0.05) is 12.8 Å². The summed E-state index contributed by atoms with van der Waals surface area (Å²) in [4.78, 5) is 12.8. The molecule has 270 valence electrons. The number of ether oxygens (including phenoxy) is 1. The van der Waals surface area contributed by atoms with E-state index in [1.807, 2.05) is 0 Å². The third-order valence-corrected chi connectivity index (χ3v) is 14.3. The Bertz CT molecular complexity index is 988. The van der Waals surface area contributed by atoms with Gasteiger partial charge in [-0.1, -0.05) is 141 Å². The average molecular weight is 651 g/mol. The average Bonchev–Trinajstić information content (AvgIpc) is 3.40. The Morgan fingerprint density at radius 1 is 0.830 bits per heavy atom. The summed E-state index contributed by atoms with van der Waals surface area (Å²) in [5.74, 6) is 4.39. The fraction of sp³-hybridized carbons (Fsp3) is 0.889. The van der Waals surface area contributed by atoms with Gasteiger partial charge >= 0.3 is 5.97 Å². The Labute approximate surface area is 293 Å². The fourth-order valence-electron chi connectivity index (χ4n) is 11.4. The minimum atomic E-state index is 0.0618. The van der Waals surface area contributed by atoms with Crippen LogP contribution in [0.4, 0.5) is 0 Å². The summed E-state index contributed by atoms with van der Waals surface area (Å²) in [7, 11) is 0. The van der Waals surface area contributed by atoms with Crippen molar-refractivity contribution in [1.29, 1.82) is 0 Å². The van der Waals surface area contributed by atoms with Gasteiger partial charge in [-0.2, -0.15) is 0 Å². The van der Waals surface area contributed by atoms with E-state index in [9.17, 15) is 4.79 Å². The Hall–Kier alpha value is -1.05. The lowest BCUT2D eigenvalue weighted by atomic mass is 9.47. The maximum atomic E-state index is 12.8. The highest BCUT2D eigenvalue weighted by molar-refractivity contribution is 5.69. The van der Waals surface area contributed by atoms with Gasteiger partial charge in [0.2, 0.25) is 0 Å². The molecule has 0 bridgehead atoms. The summed E-state index contributed by atoms with van der Waals surface area (Å²) < 4.78 is 6.13. The smallest absolute Gasteiger partial charge is 0.306 e. The van der Waals surface area contributed by atoms with E-state index in [1.165, 1.54) is 147 Å². The highest BCUT2D eigenvalue weighted by atomic mass is 16.5. The van der Waals surface area contributed by atoms with Gasteiger partial charge in [0.15, 0.2) is 0 Å². The van der Waals surface area contributed by atoms with Crippen LogP contribution in [-0.2, 0) is 9.53 Å². The number of hydrogen-bond donors (Lipinski definition) is 0. The monoisotopic (exact) mass is 651 g/mol. The molecule has 4 rings (SSSR count). The van der Waals surface area contributed by atoms with Crippen LogP contribution in [-0.4, -0.2) is 12.1 Å². The first-order valence-electron chi connectivity index (χ1n) is 21.2. The zero-order valence-electron chi connectivity index (χ0n) is 32.3. The van der Waals surface area contributed by atoms with Crippen molar-refractivity contribution in [1.82, 2.24) is 0 Å². The molecule has 8 atom stereocenters. The van der Waals surface area contributed by atoms with Crippen molar-refractivity contribution in [2.45, 2.75) is 215 Å². The van der Waals surface area contributed by atoms with Crippen molar-refractivity contribution in [2.75, 3.05) is 0 Å².